The van der Waals surface area contributed by atoms with Gasteiger partial charge in [0.25, 0.3) is 5.91 Å². The van der Waals surface area contributed by atoms with Crippen LogP contribution in [0.4, 0.5) is 13.2 Å². The number of rotatable bonds is 6. The molecule has 1 aromatic carbocycles. The van der Waals surface area contributed by atoms with Gasteiger partial charge in [-0.15, -0.1) is 0 Å². The number of hydrogen-bond donors (Lipinski definition) is 2. The summed E-state index contributed by atoms with van der Waals surface area (Å²) in [5.41, 5.74) is -0.902. The van der Waals surface area contributed by atoms with E-state index in [4.69, 9.17) is 5.11 Å². The van der Waals surface area contributed by atoms with Crippen molar-refractivity contribution in [2.75, 3.05) is 6.54 Å². The van der Waals surface area contributed by atoms with E-state index >= 15 is 0 Å². The number of carbonyl (C=O) groups excluding carboxylic acids is 2. The summed E-state index contributed by atoms with van der Waals surface area (Å²) in [7, 11) is 0. The predicted molar refractivity (Wildman–Crippen MR) is 80.7 cm³/mol. The maximum Gasteiger partial charge on any atom is 0.416 e. The van der Waals surface area contributed by atoms with Gasteiger partial charge in [-0.25, -0.2) is 4.79 Å². The van der Waals surface area contributed by atoms with Crippen molar-refractivity contribution in [2.24, 2.45) is 0 Å². The Kier molecular flexibility index (Phi) is 5.34. The summed E-state index contributed by atoms with van der Waals surface area (Å²) < 4.78 is 37.5. The lowest BCUT2D eigenvalue weighted by Crippen LogP contribution is -2.48. The van der Waals surface area contributed by atoms with Gasteiger partial charge in [0, 0.05) is 11.6 Å². The Morgan fingerprint density at radius 3 is 2.24 bits per heavy atom. The first kappa shape index (κ1) is 18.8. The SMILES string of the molecule is CC(C(=O)O)N(C(=O)CNC(=O)c1ccc(C(F)(F)F)cc1)C1CC1. The summed E-state index contributed by atoms with van der Waals surface area (Å²) in [6.45, 7) is 0.963. The number of benzene rings is 1. The van der Waals surface area contributed by atoms with Gasteiger partial charge in [0.05, 0.1) is 12.1 Å². The molecule has 0 bridgehead atoms. The maximum atomic E-state index is 12.5. The Morgan fingerprint density at radius 2 is 1.80 bits per heavy atom. The lowest BCUT2D eigenvalue weighted by Gasteiger charge is -2.26. The van der Waals surface area contributed by atoms with Gasteiger partial charge in [0.1, 0.15) is 6.04 Å². The van der Waals surface area contributed by atoms with Crippen LogP contribution in [0.15, 0.2) is 24.3 Å². The molecule has 1 saturated carbocycles. The molecule has 0 spiro atoms. The minimum Gasteiger partial charge on any atom is -0.480 e. The van der Waals surface area contributed by atoms with Gasteiger partial charge >= 0.3 is 12.1 Å². The van der Waals surface area contributed by atoms with Crippen LogP contribution in [0.5, 0.6) is 0 Å². The van der Waals surface area contributed by atoms with Gasteiger partial charge in [-0.2, -0.15) is 13.2 Å². The Labute approximate surface area is 141 Å². The van der Waals surface area contributed by atoms with E-state index in [0.717, 1.165) is 24.3 Å². The zero-order valence-corrected chi connectivity index (χ0v) is 13.3. The van der Waals surface area contributed by atoms with Crippen molar-refractivity contribution in [3.8, 4) is 0 Å². The van der Waals surface area contributed by atoms with Gasteiger partial charge < -0.3 is 15.3 Å². The van der Waals surface area contributed by atoms with Crippen LogP contribution < -0.4 is 5.32 Å². The lowest BCUT2D eigenvalue weighted by molar-refractivity contribution is -0.149. The van der Waals surface area contributed by atoms with Crippen LogP contribution in [0, 0.1) is 0 Å². The molecule has 0 aliphatic heterocycles. The first-order valence-electron chi connectivity index (χ1n) is 7.60. The average Bonchev–Trinajstić information content (AvgIpc) is 3.36. The van der Waals surface area contributed by atoms with Crippen LogP contribution in [0.3, 0.4) is 0 Å². The molecule has 2 amide bonds. The maximum absolute atomic E-state index is 12.5. The van der Waals surface area contributed by atoms with Crippen LogP contribution >= 0.6 is 0 Å². The smallest absolute Gasteiger partial charge is 0.416 e. The molecule has 1 fully saturated rings. The quantitative estimate of drug-likeness (QED) is 0.813. The van der Waals surface area contributed by atoms with Crippen molar-refractivity contribution in [3.63, 3.8) is 0 Å². The molecule has 0 aromatic heterocycles. The van der Waals surface area contributed by atoms with E-state index in [1.54, 1.807) is 0 Å². The molecule has 2 rings (SSSR count). The van der Waals surface area contributed by atoms with Crippen LogP contribution in [0.2, 0.25) is 0 Å². The second-order valence-electron chi connectivity index (χ2n) is 5.80. The molecule has 1 unspecified atom stereocenters. The van der Waals surface area contributed by atoms with E-state index in [0.29, 0.717) is 12.8 Å². The number of halogens is 3. The molecule has 1 aliphatic carbocycles. The topological polar surface area (TPSA) is 86.7 Å². The number of carboxylic acid groups (broad SMARTS) is 1. The standard InChI is InChI=1S/C16H17F3N2O4/c1-9(15(24)25)21(12-6-7-12)13(22)8-20-14(23)10-2-4-11(5-3-10)16(17,18)19/h2-5,9,12H,6-8H2,1H3,(H,20,23)(H,24,25). The van der Waals surface area contributed by atoms with Crippen LogP contribution in [0.1, 0.15) is 35.7 Å². The Hall–Kier alpha value is -2.58. The van der Waals surface area contributed by atoms with E-state index in [-0.39, 0.29) is 11.6 Å². The summed E-state index contributed by atoms with van der Waals surface area (Å²) >= 11 is 0. The largest absolute Gasteiger partial charge is 0.480 e. The number of amides is 2. The molecule has 0 saturated heterocycles. The number of carbonyl (C=O) groups is 3. The van der Waals surface area contributed by atoms with Crippen LogP contribution in [-0.4, -0.2) is 46.4 Å². The molecule has 0 heterocycles. The number of hydrogen-bond acceptors (Lipinski definition) is 3. The molecule has 0 radical (unpaired) electrons. The zero-order chi connectivity index (χ0) is 18.8. The summed E-state index contributed by atoms with van der Waals surface area (Å²) in [5.74, 6) is -2.40. The summed E-state index contributed by atoms with van der Waals surface area (Å²) in [4.78, 5) is 36.4. The predicted octanol–water partition coefficient (Wildman–Crippen LogP) is 1.90. The first-order chi connectivity index (χ1) is 11.6. The summed E-state index contributed by atoms with van der Waals surface area (Å²) in [5, 5.41) is 11.4. The Bertz CT molecular complexity index is 669. The number of carboxylic acids is 1. The normalized spacial score (nSPS) is 15.4. The fourth-order valence-electron chi connectivity index (χ4n) is 2.37. The van der Waals surface area contributed by atoms with Crippen LogP contribution in [0.25, 0.3) is 0 Å². The number of nitrogens with zero attached hydrogens (tertiary/aromatic N) is 1. The van der Waals surface area contributed by atoms with Crippen molar-refractivity contribution < 1.29 is 32.7 Å². The van der Waals surface area contributed by atoms with E-state index < -0.39 is 42.1 Å². The molecule has 6 nitrogen and oxygen atoms in total. The second kappa shape index (κ2) is 7.12. The summed E-state index contributed by atoms with van der Waals surface area (Å²) in [6.07, 6.45) is -3.09. The van der Waals surface area contributed by atoms with Crippen molar-refractivity contribution in [3.05, 3.63) is 35.4 Å². The molecular formula is C16H17F3N2O4. The van der Waals surface area contributed by atoms with E-state index in [1.165, 1.54) is 11.8 Å². The molecular weight excluding hydrogens is 341 g/mol. The molecule has 1 aliphatic rings. The Morgan fingerprint density at radius 1 is 1.24 bits per heavy atom. The molecule has 25 heavy (non-hydrogen) atoms. The number of alkyl halides is 3. The van der Waals surface area contributed by atoms with Gasteiger partial charge in [0.15, 0.2) is 0 Å². The van der Waals surface area contributed by atoms with Gasteiger partial charge in [-0.05, 0) is 44.0 Å². The molecule has 9 heteroatoms. The monoisotopic (exact) mass is 358 g/mol. The highest BCUT2D eigenvalue weighted by Crippen LogP contribution is 2.29. The molecule has 1 aromatic rings. The lowest BCUT2D eigenvalue weighted by atomic mass is 10.1. The van der Waals surface area contributed by atoms with Gasteiger partial charge in [0.2, 0.25) is 5.91 Å². The Balaban J connectivity index is 1.96. The van der Waals surface area contributed by atoms with E-state index in [2.05, 4.69) is 5.32 Å². The molecule has 136 valence electrons. The zero-order valence-electron chi connectivity index (χ0n) is 13.3. The van der Waals surface area contributed by atoms with Crippen molar-refractivity contribution >= 4 is 17.8 Å². The average molecular weight is 358 g/mol. The molecule has 2 N–H and O–H groups in total. The second-order valence-corrected chi connectivity index (χ2v) is 5.80. The third-order valence-corrected chi connectivity index (χ3v) is 3.88. The minimum absolute atomic E-state index is 0.0231. The fourth-order valence-corrected chi connectivity index (χ4v) is 2.37. The van der Waals surface area contributed by atoms with Crippen molar-refractivity contribution in [1.82, 2.24) is 10.2 Å². The van der Waals surface area contributed by atoms with Crippen molar-refractivity contribution in [1.29, 1.82) is 0 Å². The highest BCUT2D eigenvalue weighted by atomic mass is 19.4. The minimum atomic E-state index is -4.50. The highest BCUT2D eigenvalue weighted by molar-refractivity contribution is 5.97. The van der Waals surface area contributed by atoms with Crippen molar-refractivity contribution in [2.45, 2.75) is 38.0 Å². The van der Waals surface area contributed by atoms with Gasteiger partial charge in [-0.1, -0.05) is 0 Å². The third-order valence-electron chi connectivity index (χ3n) is 3.88. The summed E-state index contributed by atoms with van der Waals surface area (Å²) in [6, 6.07) is 2.42. The number of aliphatic carboxylic acids is 1. The van der Waals surface area contributed by atoms with Gasteiger partial charge in [-0.3, -0.25) is 9.59 Å². The van der Waals surface area contributed by atoms with Crippen LogP contribution in [-0.2, 0) is 15.8 Å². The molecule has 1 atom stereocenters. The number of nitrogens with one attached hydrogen (secondary N) is 1. The fraction of sp³-hybridized carbons (Fsp3) is 0.438. The highest BCUT2D eigenvalue weighted by Gasteiger charge is 2.38. The van der Waals surface area contributed by atoms with E-state index in [1.807, 2.05) is 0 Å². The van der Waals surface area contributed by atoms with E-state index in [9.17, 15) is 27.6 Å². The third kappa shape index (κ3) is 4.71. The first-order valence-corrected chi connectivity index (χ1v) is 7.60.